The molecule has 3 rings (SSSR count). The number of carbonyl (C=O) groups is 1. The molecule has 0 amide bonds. The summed E-state index contributed by atoms with van der Waals surface area (Å²) >= 11 is 0. The number of hydrogen-bond acceptors (Lipinski definition) is 4. The summed E-state index contributed by atoms with van der Waals surface area (Å²) in [6, 6.07) is 12.7. The van der Waals surface area contributed by atoms with Crippen molar-refractivity contribution >= 4 is 17.3 Å². The number of fused-ring (bicyclic) bond motifs is 1. The van der Waals surface area contributed by atoms with E-state index in [0.717, 1.165) is 11.3 Å². The van der Waals surface area contributed by atoms with Gasteiger partial charge < -0.3 is 20.5 Å². The number of anilines is 2. The van der Waals surface area contributed by atoms with Crippen molar-refractivity contribution in [3.63, 3.8) is 0 Å². The summed E-state index contributed by atoms with van der Waals surface area (Å²) in [7, 11) is 0. The lowest BCUT2D eigenvalue weighted by atomic mass is 10.1. The van der Waals surface area contributed by atoms with Crippen molar-refractivity contribution in [1.29, 1.82) is 0 Å². The Morgan fingerprint density at radius 2 is 2.00 bits per heavy atom. The van der Waals surface area contributed by atoms with Crippen molar-refractivity contribution in [3.8, 4) is 5.75 Å². The fourth-order valence-corrected chi connectivity index (χ4v) is 2.60. The topological polar surface area (TPSA) is 75.8 Å². The van der Waals surface area contributed by atoms with Crippen LogP contribution in [-0.2, 0) is 6.54 Å². The molecular weight excluding hydrogens is 268 g/mol. The van der Waals surface area contributed by atoms with Crippen molar-refractivity contribution < 1.29 is 14.6 Å². The van der Waals surface area contributed by atoms with Gasteiger partial charge in [0.2, 0.25) is 0 Å². The Bertz CT molecular complexity index is 685. The van der Waals surface area contributed by atoms with E-state index in [1.54, 1.807) is 18.2 Å². The molecule has 0 aliphatic carbocycles. The monoisotopic (exact) mass is 284 g/mol. The van der Waals surface area contributed by atoms with E-state index in [4.69, 9.17) is 10.5 Å². The van der Waals surface area contributed by atoms with Gasteiger partial charge in [0.25, 0.3) is 0 Å². The number of nitrogen functional groups attached to an aromatic ring is 1. The Balaban J connectivity index is 2.04. The molecule has 0 fully saturated rings. The number of aromatic carboxylic acids is 1. The number of rotatable bonds is 2. The summed E-state index contributed by atoms with van der Waals surface area (Å²) in [5.74, 6) is -0.137. The van der Waals surface area contributed by atoms with Crippen LogP contribution in [-0.4, -0.2) is 24.2 Å². The first-order valence-electron chi connectivity index (χ1n) is 6.74. The average Bonchev–Trinajstić information content (AvgIpc) is 2.68. The standard InChI is InChI=1S/C16H16N2O3/c17-13-6-3-5-12(16(19)20)15(13)18-8-9-21-14-7-2-1-4-11(14)10-18/h1-7H,8-10,17H2,(H,19,20). The summed E-state index contributed by atoms with van der Waals surface area (Å²) < 4.78 is 5.71. The van der Waals surface area contributed by atoms with Gasteiger partial charge in [-0.15, -0.1) is 0 Å². The normalized spacial score (nSPS) is 14.0. The predicted octanol–water partition coefficient (Wildman–Crippen LogP) is 2.37. The fourth-order valence-electron chi connectivity index (χ4n) is 2.60. The Labute approximate surface area is 122 Å². The van der Waals surface area contributed by atoms with E-state index < -0.39 is 5.97 Å². The highest BCUT2D eigenvalue weighted by atomic mass is 16.5. The van der Waals surface area contributed by atoms with Crippen molar-refractivity contribution in [1.82, 2.24) is 0 Å². The first-order chi connectivity index (χ1) is 10.2. The largest absolute Gasteiger partial charge is 0.491 e. The number of para-hydroxylation sites is 2. The Morgan fingerprint density at radius 1 is 1.19 bits per heavy atom. The highest BCUT2D eigenvalue weighted by Gasteiger charge is 2.22. The zero-order valence-corrected chi connectivity index (χ0v) is 11.5. The molecule has 0 saturated heterocycles. The van der Waals surface area contributed by atoms with Crippen LogP contribution in [0.15, 0.2) is 42.5 Å². The highest BCUT2D eigenvalue weighted by Crippen LogP contribution is 2.32. The molecule has 3 N–H and O–H groups in total. The van der Waals surface area contributed by atoms with E-state index in [9.17, 15) is 9.90 Å². The average molecular weight is 284 g/mol. The second-order valence-corrected chi connectivity index (χ2v) is 4.93. The number of hydrogen-bond donors (Lipinski definition) is 2. The zero-order valence-electron chi connectivity index (χ0n) is 11.5. The summed E-state index contributed by atoms with van der Waals surface area (Å²) in [5.41, 5.74) is 8.28. The molecule has 108 valence electrons. The third-order valence-corrected chi connectivity index (χ3v) is 3.57. The lowest BCUT2D eigenvalue weighted by Gasteiger charge is -2.25. The molecule has 5 nitrogen and oxygen atoms in total. The van der Waals surface area contributed by atoms with Gasteiger partial charge in [0.1, 0.15) is 12.4 Å². The van der Waals surface area contributed by atoms with Crippen LogP contribution < -0.4 is 15.4 Å². The molecule has 1 heterocycles. The molecule has 0 unspecified atom stereocenters. The van der Waals surface area contributed by atoms with Gasteiger partial charge in [-0.2, -0.15) is 0 Å². The maximum absolute atomic E-state index is 11.4. The number of carboxylic acids is 1. The van der Waals surface area contributed by atoms with Gasteiger partial charge >= 0.3 is 5.97 Å². The van der Waals surface area contributed by atoms with Gasteiger partial charge in [-0.3, -0.25) is 0 Å². The van der Waals surface area contributed by atoms with Gasteiger partial charge in [-0.05, 0) is 18.2 Å². The van der Waals surface area contributed by atoms with Crippen LogP contribution in [0.25, 0.3) is 0 Å². The maximum Gasteiger partial charge on any atom is 0.337 e. The molecule has 0 bridgehead atoms. The van der Waals surface area contributed by atoms with Crippen LogP contribution in [0.1, 0.15) is 15.9 Å². The van der Waals surface area contributed by atoms with Crippen LogP contribution in [0.4, 0.5) is 11.4 Å². The van der Waals surface area contributed by atoms with E-state index in [-0.39, 0.29) is 5.56 Å². The summed E-state index contributed by atoms with van der Waals surface area (Å²) in [6.45, 7) is 1.65. The molecule has 21 heavy (non-hydrogen) atoms. The van der Waals surface area contributed by atoms with E-state index >= 15 is 0 Å². The second kappa shape index (κ2) is 5.36. The zero-order chi connectivity index (χ0) is 14.8. The Kier molecular flexibility index (Phi) is 3.39. The molecule has 5 heteroatoms. The summed E-state index contributed by atoms with van der Waals surface area (Å²) in [4.78, 5) is 13.4. The maximum atomic E-state index is 11.4. The summed E-state index contributed by atoms with van der Waals surface area (Å²) in [6.07, 6.45) is 0. The van der Waals surface area contributed by atoms with E-state index in [1.165, 1.54) is 0 Å². The van der Waals surface area contributed by atoms with Crippen molar-refractivity contribution in [2.24, 2.45) is 0 Å². The second-order valence-electron chi connectivity index (χ2n) is 4.93. The lowest BCUT2D eigenvalue weighted by Crippen LogP contribution is -2.28. The van der Waals surface area contributed by atoms with E-state index in [1.807, 2.05) is 29.2 Å². The first kappa shape index (κ1) is 13.3. The van der Waals surface area contributed by atoms with Crippen LogP contribution in [0.3, 0.4) is 0 Å². The Hall–Kier alpha value is -2.69. The first-order valence-corrected chi connectivity index (χ1v) is 6.74. The predicted molar refractivity (Wildman–Crippen MR) is 80.8 cm³/mol. The van der Waals surface area contributed by atoms with Crippen LogP contribution >= 0.6 is 0 Å². The smallest absolute Gasteiger partial charge is 0.337 e. The molecule has 0 saturated carbocycles. The third-order valence-electron chi connectivity index (χ3n) is 3.57. The van der Waals surface area contributed by atoms with E-state index in [0.29, 0.717) is 31.1 Å². The molecule has 0 radical (unpaired) electrons. The number of ether oxygens (including phenoxy) is 1. The third kappa shape index (κ3) is 2.50. The van der Waals surface area contributed by atoms with Gasteiger partial charge in [0, 0.05) is 12.1 Å². The molecular formula is C16H16N2O3. The minimum absolute atomic E-state index is 0.217. The molecule has 2 aromatic carbocycles. The van der Waals surface area contributed by atoms with Gasteiger partial charge in [0.15, 0.2) is 0 Å². The van der Waals surface area contributed by atoms with Crippen LogP contribution in [0, 0.1) is 0 Å². The molecule has 0 atom stereocenters. The van der Waals surface area contributed by atoms with E-state index in [2.05, 4.69) is 0 Å². The lowest BCUT2D eigenvalue weighted by molar-refractivity contribution is 0.0697. The number of benzene rings is 2. The quantitative estimate of drug-likeness (QED) is 0.828. The molecule has 2 aromatic rings. The van der Waals surface area contributed by atoms with Gasteiger partial charge in [-0.25, -0.2) is 4.79 Å². The van der Waals surface area contributed by atoms with Crippen molar-refractivity contribution in [3.05, 3.63) is 53.6 Å². The van der Waals surface area contributed by atoms with Gasteiger partial charge in [0.05, 0.1) is 23.5 Å². The van der Waals surface area contributed by atoms with Gasteiger partial charge in [-0.1, -0.05) is 24.3 Å². The van der Waals surface area contributed by atoms with Crippen LogP contribution in [0.5, 0.6) is 5.75 Å². The van der Waals surface area contributed by atoms with Crippen molar-refractivity contribution in [2.75, 3.05) is 23.8 Å². The fraction of sp³-hybridized carbons (Fsp3) is 0.188. The molecule has 1 aliphatic rings. The molecule has 0 spiro atoms. The minimum Gasteiger partial charge on any atom is -0.491 e. The number of carboxylic acid groups (broad SMARTS) is 1. The Morgan fingerprint density at radius 3 is 2.81 bits per heavy atom. The molecule has 0 aromatic heterocycles. The number of nitrogens with zero attached hydrogens (tertiary/aromatic N) is 1. The minimum atomic E-state index is -0.976. The SMILES string of the molecule is Nc1cccc(C(=O)O)c1N1CCOc2ccccc2C1. The molecule has 1 aliphatic heterocycles. The summed E-state index contributed by atoms with van der Waals surface area (Å²) in [5, 5.41) is 9.37. The number of nitrogens with two attached hydrogens (primary N) is 1. The van der Waals surface area contributed by atoms with Crippen LogP contribution in [0.2, 0.25) is 0 Å². The van der Waals surface area contributed by atoms with Crippen molar-refractivity contribution in [2.45, 2.75) is 6.54 Å². The highest BCUT2D eigenvalue weighted by molar-refractivity contribution is 5.98.